The fraction of sp³-hybridized carbons (Fsp3) is 0.435. The Balaban J connectivity index is 1.42. The number of halogens is 1. The predicted octanol–water partition coefficient (Wildman–Crippen LogP) is 2.16. The monoisotopic (exact) mass is 492 g/mol. The van der Waals surface area contributed by atoms with Crippen molar-refractivity contribution in [2.75, 3.05) is 18.8 Å². The second-order valence-corrected chi connectivity index (χ2v) is 11.0. The first-order valence-electron chi connectivity index (χ1n) is 10.9. The zero-order chi connectivity index (χ0) is 23.8. The second-order valence-electron chi connectivity index (χ2n) is 8.53. The van der Waals surface area contributed by atoms with E-state index < -0.39 is 33.5 Å². The molecule has 2 fully saturated rings. The third-order valence-electron chi connectivity index (χ3n) is 6.28. The van der Waals surface area contributed by atoms with E-state index >= 15 is 0 Å². The van der Waals surface area contributed by atoms with Crippen LogP contribution in [0.4, 0.5) is 0 Å². The lowest BCUT2D eigenvalue weighted by Crippen LogP contribution is -2.55. The van der Waals surface area contributed by atoms with Crippen LogP contribution in [-0.2, 0) is 24.2 Å². The van der Waals surface area contributed by atoms with Crippen molar-refractivity contribution in [3.8, 4) is 0 Å². The van der Waals surface area contributed by atoms with Crippen molar-refractivity contribution in [3.63, 3.8) is 0 Å². The summed E-state index contributed by atoms with van der Waals surface area (Å²) in [7, 11) is -4.03. The Hall–Kier alpha value is -2.49. The lowest BCUT2D eigenvalue weighted by atomic mass is 9.98. The van der Waals surface area contributed by atoms with Crippen LogP contribution in [0.2, 0.25) is 5.02 Å². The summed E-state index contributed by atoms with van der Waals surface area (Å²) in [5, 5.41) is 12.4. The smallest absolute Gasteiger partial charge is 0.227 e. The molecule has 0 bridgehead atoms. The molecule has 2 aromatic rings. The Morgan fingerprint density at radius 3 is 2.52 bits per heavy atom. The van der Waals surface area contributed by atoms with Crippen LogP contribution in [-0.4, -0.2) is 72.0 Å². The first-order valence-corrected chi connectivity index (χ1v) is 12.9. The predicted molar refractivity (Wildman–Crippen MR) is 122 cm³/mol. The van der Waals surface area contributed by atoms with Gasteiger partial charge in [0.05, 0.1) is 4.90 Å². The van der Waals surface area contributed by atoms with Gasteiger partial charge in [0.1, 0.15) is 5.75 Å². The van der Waals surface area contributed by atoms with Crippen LogP contribution in [0.5, 0.6) is 0 Å². The molecule has 2 atom stereocenters. The summed E-state index contributed by atoms with van der Waals surface area (Å²) in [5.74, 6) is -2.34. The molecule has 4 rings (SSSR count). The van der Waals surface area contributed by atoms with Crippen molar-refractivity contribution in [2.24, 2.45) is 0 Å². The molecule has 0 radical (unpaired) electrons. The van der Waals surface area contributed by atoms with E-state index in [1.54, 1.807) is 29.2 Å². The molecule has 2 unspecified atom stereocenters. The summed E-state index contributed by atoms with van der Waals surface area (Å²) < 4.78 is 25.6. The van der Waals surface area contributed by atoms with Gasteiger partial charge >= 0.3 is 0 Å². The number of nitrogens with zero attached hydrogens (tertiary/aromatic N) is 2. The number of ketones is 1. The minimum absolute atomic E-state index is 0.00998. The van der Waals surface area contributed by atoms with E-state index in [1.165, 1.54) is 12.1 Å². The molecular weight excluding hydrogens is 468 g/mol. The molecule has 33 heavy (non-hydrogen) atoms. The van der Waals surface area contributed by atoms with E-state index in [0.29, 0.717) is 29.8 Å². The summed E-state index contributed by atoms with van der Waals surface area (Å²) in [6, 6.07) is 9.22. The highest BCUT2D eigenvalue weighted by Gasteiger charge is 2.38. The molecule has 0 aromatic heterocycles. The van der Waals surface area contributed by atoms with E-state index in [2.05, 4.69) is 0 Å². The van der Waals surface area contributed by atoms with Crippen LogP contribution in [0.3, 0.4) is 0 Å². The van der Waals surface area contributed by atoms with Crippen molar-refractivity contribution in [1.29, 1.82) is 0 Å². The Kier molecular flexibility index (Phi) is 6.74. The molecule has 1 N–H and O–H groups in total. The van der Waals surface area contributed by atoms with Gasteiger partial charge in [-0.25, -0.2) is 8.42 Å². The van der Waals surface area contributed by atoms with Crippen molar-refractivity contribution in [2.45, 2.75) is 49.3 Å². The molecule has 2 aliphatic heterocycles. The number of piperidine rings is 2. The average molecular weight is 493 g/mol. The number of carbonyl (C=O) groups excluding carboxylic acids is 3. The molecule has 2 saturated heterocycles. The molecule has 10 heteroatoms. The van der Waals surface area contributed by atoms with Gasteiger partial charge in [0.15, 0.2) is 21.8 Å². The fourth-order valence-electron chi connectivity index (χ4n) is 4.48. The molecular formula is C23H25ClN2O6S. The Morgan fingerprint density at radius 1 is 1.06 bits per heavy atom. The van der Waals surface area contributed by atoms with Crippen molar-refractivity contribution >= 4 is 49.8 Å². The number of hydrogen-bond donors (Lipinski definition) is 1. The summed E-state index contributed by atoms with van der Waals surface area (Å²) in [5.41, 5.74) is 0. The van der Waals surface area contributed by atoms with Gasteiger partial charge < -0.3 is 14.9 Å². The molecule has 8 nitrogen and oxygen atoms in total. The van der Waals surface area contributed by atoms with Crippen LogP contribution < -0.4 is 0 Å². The van der Waals surface area contributed by atoms with Gasteiger partial charge in [-0.2, -0.15) is 0 Å². The van der Waals surface area contributed by atoms with Crippen LogP contribution in [0.25, 0.3) is 10.8 Å². The minimum Gasteiger partial charge on any atom is -0.367 e. The first kappa shape index (κ1) is 23.7. The van der Waals surface area contributed by atoms with E-state index in [4.69, 9.17) is 11.6 Å². The lowest BCUT2D eigenvalue weighted by Gasteiger charge is -2.40. The average Bonchev–Trinajstić information content (AvgIpc) is 2.78. The Labute approximate surface area is 197 Å². The van der Waals surface area contributed by atoms with Gasteiger partial charge in [0, 0.05) is 37.0 Å². The van der Waals surface area contributed by atoms with Crippen LogP contribution >= 0.6 is 11.6 Å². The molecule has 0 spiro atoms. The highest BCUT2D eigenvalue weighted by Crippen LogP contribution is 2.25. The number of amides is 2. The van der Waals surface area contributed by atoms with Gasteiger partial charge in [-0.1, -0.05) is 23.7 Å². The molecule has 0 aliphatic carbocycles. The van der Waals surface area contributed by atoms with Crippen molar-refractivity contribution in [3.05, 3.63) is 41.4 Å². The standard InChI is InChI=1S/C23H25ClN2O6S/c24-17-6-4-16-12-19(7-5-15(16)11-17)33(31,32)14-20(27)23(30)26-10-8-18(13-22(26)29)25-9-2-1-3-21(25)28/h4-7,11-12,18,23,30H,1-3,8-10,13-14H2. The number of Topliss-reactive ketones (excluding diaryl/α,β-unsaturated/α-hetero) is 1. The number of rotatable bonds is 6. The lowest BCUT2D eigenvalue weighted by molar-refractivity contribution is -0.156. The maximum absolute atomic E-state index is 12.8. The number of benzene rings is 2. The van der Waals surface area contributed by atoms with E-state index in [9.17, 15) is 27.9 Å². The van der Waals surface area contributed by atoms with Gasteiger partial charge in [-0.15, -0.1) is 0 Å². The van der Waals surface area contributed by atoms with Gasteiger partial charge in [0.25, 0.3) is 0 Å². The number of sulfone groups is 1. The van der Waals surface area contributed by atoms with Crippen LogP contribution in [0, 0.1) is 0 Å². The quantitative estimate of drug-likeness (QED) is 0.661. The SMILES string of the molecule is O=C(CS(=O)(=O)c1ccc2cc(Cl)ccc2c1)C(O)N1CCC(N2CCCCC2=O)CC1=O. The number of likely N-dealkylation sites (tertiary alicyclic amines) is 2. The molecule has 2 aliphatic rings. The number of aliphatic hydroxyl groups is 1. The zero-order valence-electron chi connectivity index (χ0n) is 17.9. The summed E-state index contributed by atoms with van der Waals surface area (Å²) in [6.45, 7) is 0.686. The molecule has 2 heterocycles. The van der Waals surface area contributed by atoms with Gasteiger partial charge in [-0.3, -0.25) is 14.4 Å². The Morgan fingerprint density at radius 2 is 1.79 bits per heavy atom. The number of aliphatic hydroxyl groups excluding tert-OH is 1. The maximum Gasteiger partial charge on any atom is 0.227 e. The molecule has 0 saturated carbocycles. The Bertz CT molecular complexity index is 1210. The fourth-order valence-corrected chi connectivity index (χ4v) is 5.93. The summed E-state index contributed by atoms with van der Waals surface area (Å²) >= 11 is 5.96. The topological polar surface area (TPSA) is 112 Å². The van der Waals surface area contributed by atoms with Gasteiger partial charge in [-0.05, 0) is 54.3 Å². The zero-order valence-corrected chi connectivity index (χ0v) is 19.5. The van der Waals surface area contributed by atoms with Crippen LogP contribution in [0.1, 0.15) is 32.1 Å². The van der Waals surface area contributed by atoms with Crippen LogP contribution in [0.15, 0.2) is 41.3 Å². The highest BCUT2D eigenvalue weighted by molar-refractivity contribution is 7.92. The van der Waals surface area contributed by atoms with E-state index in [-0.39, 0.29) is 29.8 Å². The maximum atomic E-state index is 12.8. The second kappa shape index (κ2) is 9.40. The van der Waals surface area contributed by atoms with Crippen molar-refractivity contribution in [1.82, 2.24) is 9.80 Å². The number of hydrogen-bond acceptors (Lipinski definition) is 6. The summed E-state index contributed by atoms with van der Waals surface area (Å²) in [4.78, 5) is 40.0. The largest absolute Gasteiger partial charge is 0.367 e. The van der Waals surface area contributed by atoms with Crippen molar-refractivity contribution < 1.29 is 27.9 Å². The first-order chi connectivity index (χ1) is 15.7. The molecule has 2 amide bonds. The molecule has 2 aromatic carbocycles. The number of carbonyl (C=O) groups is 3. The summed E-state index contributed by atoms with van der Waals surface area (Å²) in [6.07, 6.45) is 0.799. The molecule has 176 valence electrons. The van der Waals surface area contributed by atoms with E-state index in [0.717, 1.165) is 23.1 Å². The normalized spacial score (nSPS) is 20.8. The van der Waals surface area contributed by atoms with E-state index in [1.807, 2.05) is 0 Å². The van der Waals surface area contributed by atoms with Gasteiger partial charge in [0.2, 0.25) is 11.8 Å². The third-order valence-corrected chi connectivity index (χ3v) is 8.15. The third kappa shape index (κ3) is 5.05. The minimum atomic E-state index is -4.03. The number of fused-ring (bicyclic) bond motifs is 1. The highest BCUT2D eigenvalue weighted by atomic mass is 35.5.